The molecular formula is C7H16N2O. The Morgan fingerprint density at radius 3 is 2.80 bits per heavy atom. The Hall–Kier alpha value is -0.120. The van der Waals surface area contributed by atoms with Crippen LogP contribution >= 0.6 is 0 Å². The number of rotatable bonds is 2. The lowest BCUT2D eigenvalue weighted by Gasteiger charge is -2.17. The summed E-state index contributed by atoms with van der Waals surface area (Å²) in [7, 11) is 3.83. The molecule has 0 aliphatic carbocycles. The first-order valence-corrected chi connectivity index (χ1v) is 3.68. The molecule has 3 heteroatoms. The summed E-state index contributed by atoms with van der Waals surface area (Å²) in [5, 5.41) is 0. The van der Waals surface area contributed by atoms with Gasteiger partial charge in [0.2, 0.25) is 0 Å². The highest BCUT2D eigenvalue weighted by molar-refractivity contribution is 4.84. The summed E-state index contributed by atoms with van der Waals surface area (Å²) >= 11 is 0. The molecule has 60 valence electrons. The highest BCUT2D eigenvalue weighted by Gasteiger charge is 2.26. The number of likely N-dealkylation sites (tertiary alicyclic amines) is 1. The van der Waals surface area contributed by atoms with Gasteiger partial charge in [0.15, 0.2) is 0 Å². The summed E-state index contributed by atoms with van der Waals surface area (Å²) in [5.41, 5.74) is 5.75. The smallest absolute Gasteiger partial charge is 0.0618 e. The van der Waals surface area contributed by atoms with E-state index in [0.29, 0.717) is 12.1 Å². The number of hydrogen-bond acceptors (Lipinski definition) is 3. The predicted molar refractivity (Wildman–Crippen MR) is 40.9 cm³/mol. The monoisotopic (exact) mass is 144 g/mol. The Morgan fingerprint density at radius 2 is 2.40 bits per heavy atom. The summed E-state index contributed by atoms with van der Waals surface area (Å²) in [6.45, 7) is 1.82. The van der Waals surface area contributed by atoms with E-state index in [1.807, 2.05) is 0 Å². The molecule has 3 nitrogen and oxygen atoms in total. The van der Waals surface area contributed by atoms with Gasteiger partial charge in [-0.2, -0.15) is 0 Å². The second kappa shape index (κ2) is 3.32. The maximum atomic E-state index is 5.75. The summed E-state index contributed by atoms with van der Waals surface area (Å²) in [6.07, 6.45) is 1.07. The first-order valence-electron chi connectivity index (χ1n) is 3.68. The second-order valence-electron chi connectivity index (χ2n) is 3.04. The molecule has 1 heterocycles. The van der Waals surface area contributed by atoms with Crippen molar-refractivity contribution in [2.45, 2.75) is 18.5 Å². The van der Waals surface area contributed by atoms with Gasteiger partial charge in [0.25, 0.3) is 0 Å². The Kier molecular flexibility index (Phi) is 2.65. The van der Waals surface area contributed by atoms with Crippen LogP contribution in [-0.4, -0.2) is 44.3 Å². The zero-order valence-corrected chi connectivity index (χ0v) is 6.71. The molecule has 1 aliphatic heterocycles. The quantitative estimate of drug-likeness (QED) is 0.576. The fourth-order valence-electron chi connectivity index (χ4n) is 1.51. The third-order valence-corrected chi connectivity index (χ3v) is 2.08. The third kappa shape index (κ3) is 1.68. The molecule has 10 heavy (non-hydrogen) atoms. The van der Waals surface area contributed by atoms with E-state index in [2.05, 4.69) is 11.9 Å². The van der Waals surface area contributed by atoms with Gasteiger partial charge >= 0.3 is 0 Å². The van der Waals surface area contributed by atoms with Crippen LogP contribution in [0.2, 0.25) is 0 Å². The van der Waals surface area contributed by atoms with Crippen LogP contribution in [-0.2, 0) is 4.74 Å². The Labute approximate surface area is 62.1 Å². The van der Waals surface area contributed by atoms with Gasteiger partial charge in [-0.15, -0.1) is 0 Å². The van der Waals surface area contributed by atoms with Gasteiger partial charge < -0.3 is 10.5 Å². The largest absolute Gasteiger partial charge is 0.383 e. The van der Waals surface area contributed by atoms with E-state index in [0.717, 1.165) is 19.6 Å². The summed E-state index contributed by atoms with van der Waals surface area (Å²) in [5.74, 6) is 0. The molecule has 0 radical (unpaired) electrons. The Morgan fingerprint density at radius 1 is 1.70 bits per heavy atom. The molecule has 0 amide bonds. The van der Waals surface area contributed by atoms with Crippen LogP contribution in [0.25, 0.3) is 0 Å². The van der Waals surface area contributed by atoms with Gasteiger partial charge in [0, 0.05) is 25.7 Å². The molecule has 2 unspecified atom stereocenters. The minimum atomic E-state index is 0.352. The van der Waals surface area contributed by atoms with Crippen molar-refractivity contribution in [3.63, 3.8) is 0 Å². The lowest BCUT2D eigenvalue weighted by atomic mass is 10.2. The second-order valence-corrected chi connectivity index (χ2v) is 3.04. The molecule has 1 saturated heterocycles. The number of hydrogen-bond donors (Lipinski definition) is 1. The number of methoxy groups -OCH3 is 1. The third-order valence-electron chi connectivity index (χ3n) is 2.08. The highest BCUT2D eigenvalue weighted by Crippen LogP contribution is 2.13. The average molecular weight is 144 g/mol. The van der Waals surface area contributed by atoms with Gasteiger partial charge in [-0.3, -0.25) is 4.90 Å². The highest BCUT2D eigenvalue weighted by atomic mass is 16.5. The summed E-state index contributed by atoms with van der Waals surface area (Å²) < 4.78 is 5.05. The molecule has 1 rings (SSSR count). The molecule has 0 saturated carbocycles. The van der Waals surface area contributed by atoms with Gasteiger partial charge in [-0.25, -0.2) is 0 Å². The van der Waals surface area contributed by atoms with Crippen LogP contribution < -0.4 is 5.73 Å². The SMILES string of the molecule is COCC1CC(N)CN1C. The molecule has 0 aromatic heterocycles. The Bertz CT molecular complexity index is 108. The van der Waals surface area contributed by atoms with Crippen molar-refractivity contribution in [2.75, 3.05) is 27.3 Å². The normalized spacial score (nSPS) is 35.1. The van der Waals surface area contributed by atoms with E-state index in [1.54, 1.807) is 7.11 Å². The van der Waals surface area contributed by atoms with Gasteiger partial charge in [-0.05, 0) is 13.5 Å². The fourth-order valence-corrected chi connectivity index (χ4v) is 1.51. The van der Waals surface area contributed by atoms with Crippen molar-refractivity contribution in [1.29, 1.82) is 0 Å². The van der Waals surface area contributed by atoms with Gasteiger partial charge in [0.1, 0.15) is 0 Å². The van der Waals surface area contributed by atoms with E-state index in [4.69, 9.17) is 10.5 Å². The average Bonchev–Trinajstić information content (AvgIpc) is 2.13. The standard InChI is InChI=1S/C7H16N2O/c1-9-4-6(8)3-7(9)5-10-2/h6-7H,3-5,8H2,1-2H3. The summed E-state index contributed by atoms with van der Waals surface area (Å²) in [6, 6.07) is 0.894. The minimum Gasteiger partial charge on any atom is -0.383 e. The molecule has 1 aliphatic rings. The van der Waals surface area contributed by atoms with Crippen LogP contribution in [0.5, 0.6) is 0 Å². The van der Waals surface area contributed by atoms with Crippen molar-refractivity contribution in [1.82, 2.24) is 4.90 Å². The lowest BCUT2D eigenvalue weighted by molar-refractivity contribution is 0.129. The molecule has 0 spiro atoms. The maximum absolute atomic E-state index is 5.75. The van der Waals surface area contributed by atoms with E-state index in [9.17, 15) is 0 Å². The molecule has 0 aromatic carbocycles. The molecule has 2 N–H and O–H groups in total. The number of nitrogens with two attached hydrogens (primary N) is 1. The first kappa shape index (κ1) is 7.98. The van der Waals surface area contributed by atoms with Crippen LogP contribution in [0.4, 0.5) is 0 Å². The van der Waals surface area contributed by atoms with Crippen LogP contribution in [0.15, 0.2) is 0 Å². The topological polar surface area (TPSA) is 38.5 Å². The summed E-state index contributed by atoms with van der Waals surface area (Å²) in [4.78, 5) is 2.26. The number of nitrogens with zero attached hydrogens (tertiary/aromatic N) is 1. The van der Waals surface area contributed by atoms with Crippen LogP contribution in [0.1, 0.15) is 6.42 Å². The molecule has 2 atom stereocenters. The van der Waals surface area contributed by atoms with E-state index in [-0.39, 0.29) is 0 Å². The maximum Gasteiger partial charge on any atom is 0.0618 e. The molecule has 1 fully saturated rings. The minimum absolute atomic E-state index is 0.352. The van der Waals surface area contributed by atoms with Gasteiger partial charge in [-0.1, -0.05) is 0 Å². The van der Waals surface area contributed by atoms with Crippen LogP contribution in [0.3, 0.4) is 0 Å². The number of likely N-dealkylation sites (N-methyl/N-ethyl adjacent to an activating group) is 1. The van der Waals surface area contributed by atoms with Crippen molar-refractivity contribution >= 4 is 0 Å². The van der Waals surface area contributed by atoms with Crippen molar-refractivity contribution in [3.8, 4) is 0 Å². The van der Waals surface area contributed by atoms with E-state index < -0.39 is 0 Å². The van der Waals surface area contributed by atoms with Crippen LogP contribution in [0, 0.1) is 0 Å². The van der Waals surface area contributed by atoms with Crippen molar-refractivity contribution in [3.05, 3.63) is 0 Å². The van der Waals surface area contributed by atoms with Crippen molar-refractivity contribution < 1.29 is 4.74 Å². The van der Waals surface area contributed by atoms with E-state index >= 15 is 0 Å². The fraction of sp³-hybridized carbons (Fsp3) is 1.00. The van der Waals surface area contributed by atoms with E-state index in [1.165, 1.54) is 0 Å². The molecule has 0 aromatic rings. The lowest BCUT2D eigenvalue weighted by Crippen LogP contribution is -2.29. The van der Waals surface area contributed by atoms with Gasteiger partial charge in [0.05, 0.1) is 6.61 Å². The van der Waals surface area contributed by atoms with Crippen molar-refractivity contribution in [2.24, 2.45) is 5.73 Å². The number of ether oxygens (including phenoxy) is 1. The first-order chi connectivity index (χ1) is 4.74. The predicted octanol–water partition coefficient (Wildman–Crippen LogP) is -0.336. The molecular weight excluding hydrogens is 128 g/mol. The zero-order chi connectivity index (χ0) is 7.56. The zero-order valence-electron chi connectivity index (χ0n) is 6.71. The Balaban J connectivity index is 2.31. The molecule has 0 bridgehead atoms.